The number of carbonyl (C=O) groups is 2. The third-order valence-corrected chi connectivity index (χ3v) is 5.08. The van der Waals surface area contributed by atoms with Gasteiger partial charge in [-0.25, -0.2) is 4.79 Å². The van der Waals surface area contributed by atoms with E-state index in [1.165, 1.54) is 0 Å². The van der Waals surface area contributed by atoms with Crippen LogP contribution >= 0.6 is 11.6 Å². The van der Waals surface area contributed by atoms with Gasteiger partial charge in [-0.2, -0.15) is 10.4 Å². The van der Waals surface area contributed by atoms with Crippen LogP contribution in [0.15, 0.2) is 0 Å². The van der Waals surface area contributed by atoms with E-state index in [4.69, 9.17) is 16.3 Å². The molecule has 0 saturated heterocycles. The number of hydrogen-bond donors (Lipinski definition) is 1. The number of esters is 1. The van der Waals surface area contributed by atoms with Crippen LogP contribution in [0, 0.1) is 24.2 Å². The SMILES string of the molecule is Cc1nn(CC(C)C)c(Cl)c1C(=O)OCC(=O)NC1(C#N)CCCCCC1. The average molecular weight is 395 g/mol. The lowest BCUT2D eigenvalue weighted by molar-refractivity contribution is -0.125. The molecule has 27 heavy (non-hydrogen) atoms. The zero-order valence-electron chi connectivity index (χ0n) is 16.2. The van der Waals surface area contributed by atoms with Crippen LogP contribution < -0.4 is 5.32 Å². The number of aromatic nitrogens is 2. The lowest BCUT2D eigenvalue weighted by atomic mass is 9.92. The van der Waals surface area contributed by atoms with Gasteiger partial charge in [-0.1, -0.05) is 51.1 Å². The number of halogens is 1. The predicted molar refractivity (Wildman–Crippen MR) is 101 cm³/mol. The molecule has 0 bridgehead atoms. The molecule has 0 radical (unpaired) electrons. The monoisotopic (exact) mass is 394 g/mol. The van der Waals surface area contributed by atoms with Gasteiger partial charge in [0.15, 0.2) is 6.61 Å². The van der Waals surface area contributed by atoms with Gasteiger partial charge in [-0.05, 0) is 25.7 Å². The highest BCUT2D eigenvalue weighted by molar-refractivity contribution is 6.32. The Morgan fingerprint density at radius 3 is 2.52 bits per heavy atom. The van der Waals surface area contributed by atoms with Crippen molar-refractivity contribution in [3.63, 3.8) is 0 Å². The summed E-state index contributed by atoms with van der Waals surface area (Å²) in [6.45, 7) is 5.85. The number of nitriles is 1. The molecule has 1 aliphatic carbocycles. The molecule has 0 atom stereocenters. The molecule has 0 aliphatic heterocycles. The Bertz CT molecular complexity index is 728. The molecule has 0 unspecified atom stereocenters. The molecule has 1 aliphatic rings. The number of nitrogens with zero attached hydrogens (tertiary/aromatic N) is 3. The molecule has 1 amide bonds. The first-order valence-electron chi connectivity index (χ1n) is 9.40. The first-order valence-corrected chi connectivity index (χ1v) is 9.78. The highest BCUT2D eigenvalue weighted by Crippen LogP contribution is 2.26. The molecule has 1 aromatic heterocycles. The maximum absolute atomic E-state index is 12.4. The van der Waals surface area contributed by atoms with Crippen LogP contribution in [0.25, 0.3) is 0 Å². The number of carbonyl (C=O) groups excluding carboxylic acids is 2. The van der Waals surface area contributed by atoms with Crippen LogP contribution in [-0.2, 0) is 16.1 Å². The van der Waals surface area contributed by atoms with E-state index in [-0.39, 0.29) is 10.7 Å². The molecule has 1 aromatic rings. The Labute approximate surface area is 165 Å². The summed E-state index contributed by atoms with van der Waals surface area (Å²) < 4.78 is 6.70. The van der Waals surface area contributed by atoms with Crippen LogP contribution in [0.2, 0.25) is 5.15 Å². The summed E-state index contributed by atoms with van der Waals surface area (Å²) in [6.07, 6.45) is 5.17. The Morgan fingerprint density at radius 2 is 1.96 bits per heavy atom. The van der Waals surface area contributed by atoms with E-state index >= 15 is 0 Å². The third-order valence-electron chi connectivity index (χ3n) is 4.69. The first-order chi connectivity index (χ1) is 12.8. The average Bonchev–Trinajstić information content (AvgIpc) is 2.78. The summed E-state index contributed by atoms with van der Waals surface area (Å²) in [4.78, 5) is 24.6. The molecule has 7 nitrogen and oxygen atoms in total. The fourth-order valence-corrected chi connectivity index (χ4v) is 3.68. The third kappa shape index (κ3) is 5.46. The maximum Gasteiger partial charge on any atom is 0.343 e. The van der Waals surface area contributed by atoms with Gasteiger partial charge in [-0.15, -0.1) is 0 Å². The second-order valence-corrected chi connectivity index (χ2v) is 7.92. The lowest BCUT2D eigenvalue weighted by Crippen LogP contribution is -2.48. The normalized spacial score (nSPS) is 16.4. The van der Waals surface area contributed by atoms with Crippen molar-refractivity contribution in [2.45, 2.75) is 71.4 Å². The molecule has 1 fully saturated rings. The Kier molecular flexibility index (Phi) is 7.25. The zero-order valence-corrected chi connectivity index (χ0v) is 16.9. The van der Waals surface area contributed by atoms with Gasteiger partial charge < -0.3 is 10.1 Å². The van der Waals surface area contributed by atoms with E-state index in [1.807, 2.05) is 13.8 Å². The molecule has 2 rings (SSSR count). The summed E-state index contributed by atoms with van der Waals surface area (Å²) in [5.41, 5.74) is -0.228. The van der Waals surface area contributed by atoms with Gasteiger partial charge in [0, 0.05) is 6.54 Å². The van der Waals surface area contributed by atoms with Crippen molar-refractivity contribution in [3.05, 3.63) is 16.4 Å². The van der Waals surface area contributed by atoms with Crippen LogP contribution in [-0.4, -0.2) is 33.8 Å². The molecule has 1 saturated carbocycles. The smallest absolute Gasteiger partial charge is 0.343 e. The van der Waals surface area contributed by atoms with Crippen molar-refractivity contribution >= 4 is 23.5 Å². The van der Waals surface area contributed by atoms with E-state index in [2.05, 4.69) is 16.5 Å². The van der Waals surface area contributed by atoms with Gasteiger partial charge >= 0.3 is 5.97 Å². The molecule has 1 N–H and O–H groups in total. The van der Waals surface area contributed by atoms with Crippen LogP contribution in [0.4, 0.5) is 0 Å². The van der Waals surface area contributed by atoms with E-state index in [9.17, 15) is 14.9 Å². The lowest BCUT2D eigenvalue weighted by Gasteiger charge is -2.26. The number of rotatable bonds is 6. The number of aryl methyl sites for hydroxylation is 1. The molecule has 8 heteroatoms. The first kappa shape index (κ1) is 21.2. The van der Waals surface area contributed by atoms with E-state index in [0.717, 1.165) is 25.7 Å². The van der Waals surface area contributed by atoms with E-state index in [1.54, 1.807) is 11.6 Å². The number of ether oxygens (including phenoxy) is 1. The van der Waals surface area contributed by atoms with Crippen molar-refractivity contribution in [1.82, 2.24) is 15.1 Å². The fourth-order valence-electron chi connectivity index (χ4n) is 3.36. The fraction of sp³-hybridized carbons (Fsp3) is 0.684. The summed E-state index contributed by atoms with van der Waals surface area (Å²) in [5.74, 6) is -0.845. The number of nitrogens with one attached hydrogen (secondary N) is 1. The predicted octanol–water partition coefficient (Wildman–Crippen LogP) is 3.39. The van der Waals surface area contributed by atoms with Gasteiger partial charge in [0.05, 0.1) is 11.8 Å². The summed E-state index contributed by atoms with van der Waals surface area (Å²) in [7, 11) is 0. The maximum atomic E-state index is 12.4. The van der Waals surface area contributed by atoms with Crippen LogP contribution in [0.3, 0.4) is 0 Å². The largest absolute Gasteiger partial charge is 0.452 e. The second kappa shape index (κ2) is 9.23. The minimum absolute atomic E-state index is 0.176. The summed E-state index contributed by atoms with van der Waals surface area (Å²) >= 11 is 6.26. The van der Waals surface area contributed by atoms with Crippen molar-refractivity contribution in [3.8, 4) is 6.07 Å². The molecule has 1 heterocycles. The van der Waals surface area contributed by atoms with Gasteiger partial charge in [0.2, 0.25) is 0 Å². The summed E-state index contributed by atoms with van der Waals surface area (Å²) in [6, 6.07) is 2.24. The molecule has 0 aromatic carbocycles. The van der Waals surface area contributed by atoms with Crippen molar-refractivity contribution < 1.29 is 14.3 Å². The topological polar surface area (TPSA) is 97.0 Å². The Balaban J connectivity index is 1.98. The van der Waals surface area contributed by atoms with Crippen LogP contribution in [0.1, 0.15) is 68.4 Å². The standard InChI is InChI=1S/C19H27ClN4O3/c1-13(2)10-24-17(20)16(14(3)23-24)18(26)27-11-15(25)22-19(12-21)8-6-4-5-7-9-19/h13H,4-11H2,1-3H3,(H,22,25). The van der Waals surface area contributed by atoms with Crippen molar-refractivity contribution in [2.24, 2.45) is 5.92 Å². The molecule has 148 valence electrons. The molecular weight excluding hydrogens is 368 g/mol. The van der Waals surface area contributed by atoms with Gasteiger partial charge in [-0.3, -0.25) is 9.48 Å². The molecular formula is C19H27ClN4O3. The Morgan fingerprint density at radius 1 is 1.33 bits per heavy atom. The van der Waals surface area contributed by atoms with Gasteiger partial charge in [0.25, 0.3) is 5.91 Å². The zero-order chi connectivity index (χ0) is 20.0. The highest BCUT2D eigenvalue weighted by atomic mass is 35.5. The molecule has 0 spiro atoms. The summed E-state index contributed by atoms with van der Waals surface area (Å²) in [5, 5.41) is 16.8. The Hall–Kier alpha value is -2.07. The quantitative estimate of drug-likeness (QED) is 0.589. The minimum Gasteiger partial charge on any atom is -0.452 e. The number of hydrogen-bond acceptors (Lipinski definition) is 5. The van der Waals surface area contributed by atoms with Crippen molar-refractivity contribution in [2.75, 3.05) is 6.61 Å². The van der Waals surface area contributed by atoms with Gasteiger partial charge in [0.1, 0.15) is 16.3 Å². The number of amides is 1. The van der Waals surface area contributed by atoms with Crippen molar-refractivity contribution in [1.29, 1.82) is 5.26 Å². The van der Waals surface area contributed by atoms with Crippen LogP contribution in [0.5, 0.6) is 0 Å². The van der Waals surface area contributed by atoms with E-state index < -0.39 is 24.0 Å². The highest BCUT2D eigenvalue weighted by Gasteiger charge is 2.33. The minimum atomic E-state index is -0.865. The van der Waals surface area contributed by atoms with E-state index in [0.29, 0.717) is 31.0 Å². The second-order valence-electron chi connectivity index (χ2n) is 7.56.